The Bertz CT molecular complexity index is 345. The van der Waals surface area contributed by atoms with Crippen LogP contribution in [0.4, 0.5) is 5.82 Å². The number of anilines is 1. The molecule has 5 nitrogen and oxygen atoms in total. The first-order valence-corrected chi connectivity index (χ1v) is 5.23. The van der Waals surface area contributed by atoms with Gasteiger partial charge in [-0.05, 0) is 33.8 Å². The van der Waals surface area contributed by atoms with Crippen LogP contribution in [0.15, 0.2) is 18.6 Å². The lowest BCUT2D eigenvalue weighted by atomic mass is 10.1. The quantitative estimate of drug-likeness (QED) is 0.806. The molecule has 0 saturated carbocycles. The first-order valence-electron chi connectivity index (χ1n) is 5.23. The number of hydrogen-bond acceptors (Lipinski definition) is 4. The van der Waals surface area contributed by atoms with E-state index in [0.29, 0.717) is 5.82 Å². The summed E-state index contributed by atoms with van der Waals surface area (Å²) in [4.78, 5) is 19.5. The smallest absolute Gasteiger partial charge is 0.242 e. The fourth-order valence-electron chi connectivity index (χ4n) is 1.14. The van der Waals surface area contributed by atoms with Crippen molar-refractivity contribution in [3.05, 3.63) is 18.6 Å². The SMILES string of the molecule is CC(Nc1ccncn1)C(=O)NC(C)(C)C. The molecular weight excluding hydrogens is 204 g/mol. The van der Waals surface area contributed by atoms with Crippen molar-refractivity contribution in [2.75, 3.05) is 5.32 Å². The van der Waals surface area contributed by atoms with Crippen molar-refractivity contribution >= 4 is 11.7 Å². The maximum Gasteiger partial charge on any atom is 0.242 e. The molecule has 1 atom stereocenters. The Morgan fingerprint density at radius 2 is 2.12 bits per heavy atom. The van der Waals surface area contributed by atoms with Crippen LogP contribution in [0.1, 0.15) is 27.7 Å². The molecule has 1 amide bonds. The van der Waals surface area contributed by atoms with Gasteiger partial charge in [0.2, 0.25) is 5.91 Å². The van der Waals surface area contributed by atoms with E-state index in [0.717, 1.165) is 0 Å². The lowest BCUT2D eigenvalue weighted by molar-refractivity contribution is -0.122. The van der Waals surface area contributed by atoms with Crippen LogP contribution in [0.2, 0.25) is 0 Å². The van der Waals surface area contributed by atoms with Gasteiger partial charge in [0.05, 0.1) is 0 Å². The van der Waals surface area contributed by atoms with Gasteiger partial charge in [-0.1, -0.05) is 0 Å². The van der Waals surface area contributed by atoms with E-state index in [1.165, 1.54) is 6.33 Å². The molecule has 0 bridgehead atoms. The Morgan fingerprint density at radius 1 is 1.44 bits per heavy atom. The minimum Gasteiger partial charge on any atom is -0.359 e. The predicted octanol–water partition coefficient (Wildman–Crippen LogP) is 1.19. The van der Waals surface area contributed by atoms with Crippen molar-refractivity contribution in [1.82, 2.24) is 15.3 Å². The van der Waals surface area contributed by atoms with Crippen molar-refractivity contribution < 1.29 is 4.79 Å². The van der Waals surface area contributed by atoms with Crippen molar-refractivity contribution in [3.63, 3.8) is 0 Å². The van der Waals surface area contributed by atoms with Gasteiger partial charge in [-0.2, -0.15) is 0 Å². The maximum absolute atomic E-state index is 11.7. The van der Waals surface area contributed by atoms with Gasteiger partial charge in [-0.25, -0.2) is 9.97 Å². The minimum atomic E-state index is -0.325. The first-order chi connectivity index (χ1) is 7.38. The minimum absolute atomic E-state index is 0.0499. The highest BCUT2D eigenvalue weighted by Gasteiger charge is 2.19. The molecule has 88 valence electrons. The molecule has 5 heteroatoms. The third-order valence-corrected chi connectivity index (χ3v) is 1.84. The number of hydrogen-bond donors (Lipinski definition) is 2. The lowest BCUT2D eigenvalue weighted by Gasteiger charge is -2.23. The number of nitrogens with zero attached hydrogens (tertiary/aromatic N) is 2. The second-order valence-corrected chi connectivity index (χ2v) is 4.70. The molecule has 1 rings (SSSR count). The predicted molar refractivity (Wildman–Crippen MR) is 63.0 cm³/mol. The Morgan fingerprint density at radius 3 is 2.62 bits per heavy atom. The fourth-order valence-corrected chi connectivity index (χ4v) is 1.14. The van der Waals surface area contributed by atoms with Crippen LogP contribution in [0.5, 0.6) is 0 Å². The zero-order valence-corrected chi connectivity index (χ0v) is 10.1. The number of rotatable bonds is 3. The van der Waals surface area contributed by atoms with Gasteiger partial charge in [0.25, 0.3) is 0 Å². The van der Waals surface area contributed by atoms with E-state index < -0.39 is 0 Å². The monoisotopic (exact) mass is 222 g/mol. The van der Waals surface area contributed by atoms with Gasteiger partial charge in [0.15, 0.2) is 0 Å². The van der Waals surface area contributed by atoms with E-state index in [4.69, 9.17) is 0 Å². The topological polar surface area (TPSA) is 66.9 Å². The van der Waals surface area contributed by atoms with Gasteiger partial charge >= 0.3 is 0 Å². The standard InChI is InChI=1S/C11H18N4O/c1-8(10(16)15-11(2,3)4)14-9-5-6-12-7-13-9/h5-8H,1-4H3,(H,15,16)(H,12,13,14). The summed E-state index contributed by atoms with van der Waals surface area (Å²) in [6, 6.07) is 1.40. The fraction of sp³-hybridized carbons (Fsp3) is 0.545. The van der Waals surface area contributed by atoms with E-state index in [9.17, 15) is 4.79 Å². The zero-order valence-electron chi connectivity index (χ0n) is 10.1. The largest absolute Gasteiger partial charge is 0.359 e. The molecule has 0 spiro atoms. The summed E-state index contributed by atoms with van der Waals surface area (Å²) in [7, 11) is 0. The molecule has 1 aromatic rings. The van der Waals surface area contributed by atoms with E-state index >= 15 is 0 Å². The van der Waals surface area contributed by atoms with Crippen LogP contribution in [0.3, 0.4) is 0 Å². The highest BCUT2D eigenvalue weighted by molar-refractivity contribution is 5.84. The third-order valence-electron chi connectivity index (χ3n) is 1.84. The molecule has 1 aromatic heterocycles. The maximum atomic E-state index is 11.7. The Labute approximate surface area is 95.7 Å². The van der Waals surface area contributed by atoms with Gasteiger partial charge in [0, 0.05) is 11.7 Å². The normalized spacial score (nSPS) is 13.0. The summed E-state index contributed by atoms with van der Waals surface area (Å²) in [5.41, 5.74) is -0.224. The summed E-state index contributed by atoms with van der Waals surface area (Å²) in [6.45, 7) is 7.64. The van der Waals surface area contributed by atoms with Crippen LogP contribution in [-0.2, 0) is 4.79 Å². The number of aromatic nitrogens is 2. The number of carbonyl (C=O) groups excluding carboxylic acids is 1. The molecule has 2 N–H and O–H groups in total. The number of carbonyl (C=O) groups is 1. The number of nitrogens with one attached hydrogen (secondary N) is 2. The Balaban J connectivity index is 2.53. The van der Waals surface area contributed by atoms with E-state index in [1.54, 1.807) is 19.2 Å². The van der Waals surface area contributed by atoms with Crippen molar-refractivity contribution in [3.8, 4) is 0 Å². The molecule has 0 aliphatic rings. The van der Waals surface area contributed by atoms with E-state index in [1.807, 2.05) is 20.8 Å². The molecular formula is C11H18N4O. The van der Waals surface area contributed by atoms with Gasteiger partial charge < -0.3 is 10.6 Å². The molecule has 0 aliphatic carbocycles. The van der Waals surface area contributed by atoms with Crippen molar-refractivity contribution in [2.24, 2.45) is 0 Å². The van der Waals surface area contributed by atoms with Gasteiger partial charge in [0.1, 0.15) is 18.2 Å². The lowest BCUT2D eigenvalue weighted by Crippen LogP contribution is -2.47. The summed E-state index contributed by atoms with van der Waals surface area (Å²) in [5, 5.41) is 5.90. The highest BCUT2D eigenvalue weighted by Crippen LogP contribution is 2.04. The van der Waals surface area contributed by atoms with Gasteiger partial charge in [-0.15, -0.1) is 0 Å². The molecule has 1 unspecified atom stereocenters. The molecule has 0 aliphatic heterocycles. The molecule has 0 saturated heterocycles. The summed E-state index contributed by atoms with van der Waals surface area (Å²) in [6.07, 6.45) is 3.07. The molecule has 1 heterocycles. The summed E-state index contributed by atoms with van der Waals surface area (Å²) in [5.74, 6) is 0.595. The van der Waals surface area contributed by atoms with Crippen LogP contribution in [0, 0.1) is 0 Å². The molecule has 0 aromatic carbocycles. The van der Waals surface area contributed by atoms with Crippen LogP contribution in [-0.4, -0.2) is 27.5 Å². The van der Waals surface area contributed by atoms with E-state index in [2.05, 4.69) is 20.6 Å². The van der Waals surface area contributed by atoms with Crippen molar-refractivity contribution in [2.45, 2.75) is 39.3 Å². The summed E-state index contributed by atoms with van der Waals surface area (Å²) < 4.78 is 0. The Kier molecular flexibility index (Phi) is 3.82. The van der Waals surface area contributed by atoms with E-state index in [-0.39, 0.29) is 17.5 Å². The summed E-state index contributed by atoms with van der Waals surface area (Å²) >= 11 is 0. The van der Waals surface area contributed by atoms with Crippen LogP contribution < -0.4 is 10.6 Å². The number of amides is 1. The first kappa shape index (κ1) is 12.4. The van der Waals surface area contributed by atoms with Crippen LogP contribution in [0.25, 0.3) is 0 Å². The third kappa shape index (κ3) is 4.25. The Hall–Kier alpha value is -1.65. The average Bonchev–Trinajstić information content (AvgIpc) is 2.16. The molecule has 16 heavy (non-hydrogen) atoms. The second kappa shape index (κ2) is 4.92. The highest BCUT2D eigenvalue weighted by atomic mass is 16.2. The zero-order chi connectivity index (χ0) is 12.2. The average molecular weight is 222 g/mol. The van der Waals surface area contributed by atoms with Crippen LogP contribution >= 0.6 is 0 Å². The van der Waals surface area contributed by atoms with Crippen molar-refractivity contribution in [1.29, 1.82) is 0 Å². The van der Waals surface area contributed by atoms with Gasteiger partial charge in [-0.3, -0.25) is 4.79 Å². The molecule has 0 radical (unpaired) electrons. The second-order valence-electron chi connectivity index (χ2n) is 4.70. The molecule has 0 fully saturated rings.